The van der Waals surface area contributed by atoms with Gasteiger partial charge in [0.05, 0.1) is 0 Å². The molecule has 1 aliphatic rings. The molecule has 0 aromatic carbocycles. The number of nitriles is 1. The molecular formula is C11H7Cl2F3N4. The first-order valence-electron chi connectivity index (χ1n) is 5.26. The molecule has 2 N–H and O–H groups in total. The molecule has 0 bridgehead atoms. The van der Waals surface area contributed by atoms with Gasteiger partial charge in [-0.1, -0.05) is 23.8 Å². The minimum Gasteiger partial charge on any atom is -0.384 e. The van der Waals surface area contributed by atoms with Crippen molar-refractivity contribution in [1.82, 2.24) is 9.78 Å². The number of anilines is 1. The number of hydrogen-bond donors (Lipinski definition) is 1. The van der Waals surface area contributed by atoms with Crippen molar-refractivity contribution in [1.29, 1.82) is 5.26 Å². The van der Waals surface area contributed by atoms with Gasteiger partial charge in [0, 0.05) is 11.1 Å². The second-order valence-corrected chi connectivity index (χ2v) is 5.15. The van der Waals surface area contributed by atoms with Gasteiger partial charge in [0.1, 0.15) is 17.9 Å². The highest BCUT2D eigenvalue weighted by atomic mass is 35.5. The number of allylic oxidation sites excluding steroid dienone is 4. The van der Waals surface area contributed by atoms with Crippen molar-refractivity contribution in [3.8, 4) is 6.07 Å². The van der Waals surface area contributed by atoms with Crippen molar-refractivity contribution >= 4 is 29.0 Å². The summed E-state index contributed by atoms with van der Waals surface area (Å²) in [7, 11) is 0. The predicted octanol–water partition coefficient (Wildman–Crippen LogP) is 3.11. The monoisotopic (exact) mass is 322 g/mol. The Hall–Kier alpha value is -1.65. The van der Waals surface area contributed by atoms with Crippen LogP contribution in [0.15, 0.2) is 29.3 Å². The smallest absolute Gasteiger partial charge is 0.384 e. The summed E-state index contributed by atoms with van der Waals surface area (Å²) in [5.41, 5.74) is 5.47. The lowest BCUT2D eigenvalue weighted by Gasteiger charge is -2.36. The van der Waals surface area contributed by atoms with Gasteiger partial charge in [-0.25, -0.2) is 4.68 Å². The maximum Gasteiger partial charge on any atom is 0.413 e. The van der Waals surface area contributed by atoms with Gasteiger partial charge in [-0.2, -0.15) is 23.5 Å². The van der Waals surface area contributed by atoms with Gasteiger partial charge in [-0.05, 0) is 6.08 Å². The van der Waals surface area contributed by atoms with E-state index in [4.69, 9.17) is 34.2 Å². The highest BCUT2D eigenvalue weighted by Crippen LogP contribution is 2.51. The van der Waals surface area contributed by atoms with Crippen LogP contribution in [-0.4, -0.2) is 20.8 Å². The minimum atomic E-state index is -4.78. The molecule has 4 nitrogen and oxygen atoms in total. The Labute approximate surface area is 121 Å². The summed E-state index contributed by atoms with van der Waals surface area (Å²) in [6.45, 7) is 0. The van der Waals surface area contributed by atoms with Gasteiger partial charge >= 0.3 is 6.18 Å². The molecule has 0 saturated carbocycles. The van der Waals surface area contributed by atoms with E-state index >= 15 is 0 Å². The first-order valence-corrected chi connectivity index (χ1v) is 6.02. The average molecular weight is 323 g/mol. The molecule has 2 atom stereocenters. The number of aromatic nitrogens is 2. The van der Waals surface area contributed by atoms with Crippen LogP contribution in [0.25, 0.3) is 0 Å². The van der Waals surface area contributed by atoms with Crippen molar-refractivity contribution in [3.63, 3.8) is 0 Å². The van der Waals surface area contributed by atoms with Crippen LogP contribution in [0.4, 0.5) is 19.0 Å². The Morgan fingerprint density at radius 1 is 1.50 bits per heavy atom. The molecule has 2 rings (SSSR count). The van der Waals surface area contributed by atoms with Crippen molar-refractivity contribution in [3.05, 3.63) is 35.0 Å². The van der Waals surface area contributed by atoms with E-state index in [9.17, 15) is 13.2 Å². The van der Waals surface area contributed by atoms with E-state index in [1.807, 2.05) is 0 Å². The number of nitrogens with two attached hydrogens (primary N) is 1. The zero-order valence-corrected chi connectivity index (χ0v) is 11.2. The Bertz CT molecular complexity index is 641. The first-order chi connectivity index (χ1) is 9.20. The fraction of sp³-hybridized carbons (Fsp3) is 0.273. The molecule has 0 radical (unpaired) electrons. The Morgan fingerprint density at radius 3 is 2.65 bits per heavy atom. The molecule has 0 fully saturated rings. The van der Waals surface area contributed by atoms with Gasteiger partial charge in [0.2, 0.25) is 0 Å². The van der Waals surface area contributed by atoms with Gasteiger partial charge in [-0.3, -0.25) is 0 Å². The van der Waals surface area contributed by atoms with Crippen LogP contribution in [0.1, 0.15) is 11.7 Å². The van der Waals surface area contributed by atoms with E-state index in [1.54, 1.807) is 6.07 Å². The summed E-state index contributed by atoms with van der Waals surface area (Å²) < 4.78 is 40.5. The SMILES string of the molecule is N#Cc1cc(N)n(C2C(Cl)=CC=CC2(Cl)C(F)(F)F)n1. The molecule has 2 unspecified atom stereocenters. The Kier molecular flexibility index (Phi) is 3.48. The van der Waals surface area contributed by atoms with E-state index in [-0.39, 0.29) is 16.5 Å². The zero-order chi connectivity index (χ0) is 15.1. The average Bonchev–Trinajstić information content (AvgIpc) is 2.69. The van der Waals surface area contributed by atoms with Crippen LogP contribution in [-0.2, 0) is 0 Å². The summed E-state index contributed by atoms with van der Waals surface area (Å²) in [4.78, 5) is -2.79. The van der Waals surface area contributed by atoms with Crippen LogP contribution in [0.5, 0.6) is 0 Å². The summed E-state index contributed by atoms with van der Waals surface area (Å²) >= 11 is 11.6. The number of nitrogen functional groups attached to an aromatic ring is 1. The maximum absolute atomic E-state index is 13.2. The summed E-state index contributed by atoms with van der Waals surface area (Å²) in [6.07, 6.45) is -1.62. The summed E-state index contributed by atoms with van der Waals surface area (Å²) in [6, 6.07) is 1.27. The second-order valence-electron chi connectivity index (χ2n) is 4.09. The Morgan fingerprint density at radius 2 is 2.15 bits per heavy atom. The fourth-order valence-corrected chi connectivity index (χ4v) is 2.55. The highest BCUT2D eigenvalue weighted by Gasteiger charge is 2.60. The molecular weight excluding hydrogens is 316 g/mol. The predicted molar refractivity (Wildman–Crippen MR) is 68.1 cm³/mol. The molecule has 20 heavy (non-hydrogen) atoms. The minimum absolute atomic E-state index is 0.122. The largest absolute Gasteiger partial charge is 0.413 e. The van der Waals surface area contributed by atoms with Crippen LogP contribution in [0.3, 0.4) is 0 Å². The third kappa shape index (κ3) is 2.15. The van der Waals surface area contributed by atoms with Crippen LogP contribution in [0, 0.1) is 11.3 Å². The van der Waals surface area contributed by atoms with Gasteiger partial charge in [0.15, 0.2) is 10.6 Å². The molecule has 1 heterocycles. The van der Waals surface area contributed by atoms with Gasteiger partial charge < -0.3 is 5.73 Å². The van der Waals surface area contributed by atoms with Crippen LogP contribution < -0.4 is 5.73 Å². The molecule has 106 valence electrons. The standard InChI is InChI=1S/C11H7Cl2F3N4/c12-7-2-1-3-10(13,11(14,15)16)9(7)20-8(18)4-6(5-17)19-20/h1-4,9H,18H2. The van der Waals surface area contributed by atoms with Crippen LogP contribution in [0.2, 0.25) is 0 Å². The number of hydrogen-bond acceptors (Lipinski definition) is 3. The molecule has 1 aliphatic carbocycles. The van der Waals surface area contributed by atoms with E-state index < -0.39 is 17.1 Å². The molecule has 1 aromatic heterocycles. The van der Waals surface area contributed by atoms with Crippen molar-refractivity contribution in [2.75, 3.05) is 5.73 Å². The number of halogens is 5. The van der Waals surface area contributed by atoms with Crippen molar-refractivity contribution in [2.45, 2.75) is 17.1 Å². The molecule has 0 saturated heterocycles. The fourth-order valence-electron chi connectivity index (χ4n) is 1.88. The number of nitrogens with zero attached hydrogens (tertiary/aromatic N) is 3. The third-order valence-corrected chi connectivity index (χ3v) is 3.69. The molecule has 9 heteroatoms. The van der Waals surface area contributed by atoms with E-state index in [2.05, 4.69) is 5.10 Å². The molecule has 0 spiro atoms. The van der Waals surface area contributed by atoms with Crippen molar-refractivity contribution < 1.29 is 13.2 Å². The summed E-state index contributed by atoms with van der Waals surface area (Å²) in [5.74, 6) is -0.136. The van der Waals surface area contributed by atoms with E-state index in [1.165, 1.54) is 6.08 Å². The molecule has 1 aromatic rings. The maximum atomic E-state index is 13.2. The lowest BCUT2D eigenvalue weighted by Crippen LogP contribution is -2.47. The highest BCUT2D eigenvalue weighted by molar-refractivity contribution is 6.33. The molecule has 0 aliphatic heterocycles. The van der Waals surface area contributed by atoms with E-state index in [0.29, 0.717) is 0 Å². The lowest BCUT2D eigenvalue weighted by molar-refractivity contribution is -0.157. The molecule has 0 amide bonds. The van der Waals surface area contributed by atoms with Gasteiger partial charge in [0.25, 0.3) is 0 Å². The third-order valence-electron chi connectivity index (χ3n) is 2.81. The number of rotatable bonds is 1. The number of alkyl halides is 4. The van der Waals surface area contributed by atoms with Crippen molar-refractivity contribution in [2.24, 2.45) is 0 Å². The quantitative estimate of drug-likeness (QED) is 0.808. The normalized spacial score (nSPS) is 26.2. The summed E-state index contributed by atoms with van der Waals surface area (Å²) in [5, 5.41) is 12.2. The van der Waals surface area contributed by atoms with Gasteiger partial charge in [-0.15, -0.1) is 11.6 Å². The topological polar surface area (TPSA) is 67.6 Å². The Balaban J connectivity index is 2.62. The lowest BCUT2D eigenvalue weighted by atomic mass is 9.93. The second kappa shape index (κ2) is 4.72. The van der Waals surface area contributed by atoms with E-state index in [0.717, 1.165) is 22.9 Å². The zero-order valence-electron chi connectivity index (χ0n) is 9.70. The first kappa shape index (κ1) is 14.8. The van der Waals surface area contributed by atoms with Crippen LogP contribution >= 0.6 is 23.2 Å².